The predicted molar refractivity (Wildman–Crippen MR) is 187 cm³/mol. The van der Waals surface area contributed by atoms with Crippen molar-refractivity contribution in [3.63, 3.8) is 0 Å². The van der Waals surface area contributed by atoms with Gasteiger partial charge in [-0.2, -0.15) is 0 Å². The van der Waals surface area contributed by atoms with E-state index in [1.54, 1.807) is 0 Å². The number of fused-ring (bicyclic) bond motifs is 3. The van der Waals surface area contributed by atoms with E-state index in [-0.39, 0.29) is 0 Å². The fourth-order valence-electron chi connectivity index (χ4n) is 5.90. The number of benzene rings is 5. The first kappa shape index (κ1) is 27.5. The Kier molecular flexibility index (Phi) is 6.84. The molecule has 0 aliphatic carbocycles. The van der Waals surface area contributed by atoms with Gasteiger partial charge in [0, 0.05) is 38.7 Å². The Morgan fingerprint density at radius 2 is 0.935 bits per heavy atom. The zero-order chi connectivity index (χ0) is 31.0. The maximum absolute atomic E-state index is 5.11. The molecule has 0 saturated heterocycles. The lowest BCUT2D eigenvalue weighted by Gasteiger charge is -2.11. The molecule has 0 unspecified atom stereocenters. The van der Waals surface area contributed by atoms with Gasteiger partial charge in [-0.05, 0) is 48.7 Å². The van der Waals surface area contributed by atoms with Gasteiger partial charge in [-0.15, -0.1) is 0 Å². The molecule has 0 fully saturated rings. The number of nitrogens with zero attached hydrogens (tertiary/aromatic N) is 5. The van der Waals surface area contributed by atoms with Crippen LogP contribution in [0.15, 0.2) is 140 Å². The Labute approximate surface area is 267 Å². The van der Waals surface area contributed by atoms with Crippen LogP contribution in [0.4, 0.5) is 0 Å². The van der Waals surface area contributed by atoms with Crippen molar-refractivity contribution in [3.8, 4) is 56.5 Å². The predicted octanol–water partition coefficient (Wildman–Crippen LogP) is 9.92. The molecule has 0 aliphatic heterocycles. The Hall–Kier alpha value is -6.07. The molecule has 0 atom stereocenters. The lowest BCUT2D eigenvalue weighted by Crippen LogP contribution is -2.00. The number of aryl methyl sites for hydroxylation is 2. The number of hydrogen-bond acceptors (Lipinski definition) is 5. The standard InChI is InChI=1S/C41H29N5/c1-26-24-36(43-38-35(26)23-22-30-17-16-27(2)42-37(30)38)29-20-18-28(19-21-29)33-14-9-15-34(25-33)41-45-39(31-10-5-3-6-11-31)44-40(46-41)32-12-7-4-8-13-32/h3-25H,1-2H3. The van der Waals surface area contributed by atoms with Gasteiger partial charge in [0.15, 0.2) is 17.5 Å². The second-order valence-corrected chi connectivity index (χ2v) is 11.5. The lowest BCUT2D eigenvalue weighted by atomic mass is 9.99. The minimum Gasteiger partial charge on any atom is -0.251 e. The summed E-state index contributed by atoms with van der Waals surface area (Å²) >= 11 is 0. The third kappa shape index (κ3) is 5.18. The number of pyridine rings is 2. The van der Waals surface area contributed by atoms with Crippen LogP contribution in [0.3, 0.4) is 0 Å². The molecule has 5 heteroatoms. The van der Waals surface area contributed by atoms with E-state index in [0.717, 1.165) is 66.6 Å². The van der Waals surface area contributed by atoms with Gasteiger partial charge in [-0.25, -0.2) is 19.9 Å². The molecular weight excluding hydrogens is 562 g/mol. The van der Waals surface area contributed by atoms with Crippen LogP contribution in [-0.4, -0.2) is 24.9 Å². The minimum atomic E-state index is 0.637. The Balaban J connectivity index is 1.17. The van der Waals surface area contributed by atoms with E-state index in [0.29, 0.717) is 17.5 Å². The van der Waals surface area contributed by atoms with E-state index >= 15 is 0 Å². The Morgan fingerprint density at radius 1 is 0.370 bits per heavy atom. The molecule has 3 heterocycles. The zero-order valence-electron chi connectivity index (χ0n) is 25.5. The van der Waals surface area contributed by atoms with Crippen LogP contribution in [0.25, 0.3) is 78.4 Å². The summed E-state index contributed by atoms with van der Waals surface area (Å²) in [5, 5.41) is 2.23. The number of aromatic nitrogens is 5. The summed E-state index contributed by atoms with van der Waals surface area (Å²) in [6.07, 6.45) is 0. The molecule has 8 aromatic rings. The van der Waals surface area contributed by atoms with Gasteiger partial charge >= 0.3 is 0 Å². The molecule has 0 radical (unpaired) electrons. The van der Waals surface area contributed by atoms with Gasteiger partial charge in [0.05, 0.1) is 16.7 Å². The van der Waals surface area contributed by atoms with E-state index in [1.165, 1.54) is 5.56 Å². The second kappa shape index (κ2) is 11.5. The average molecular weight is 592 g/mol. The third-order valence-electron chi connectivity index (χ3n) is 8.32. The van der Waals surface area contributed by atoms with Crippen LogP contribution >= 0.6 is 0 Å². The van der Waals surface area contributed by atoms with Gasteiger partial charge < -0.3 is 0 Å². The fourth-order valence-corrected chi connectivity index (χ4v) is 5.90. The van der Waals surface area contributed by atoms with Gasteiger partial charge in [0.1, 0.15) is 0 Å². The van der Waals surface area contributed by atoms with E-state index in [9.17, 15) is 0 Å². The largest absolute Gasteiger partial charge is 0.251 e. The van der Waals surface area contributed by atoms with Crippen molar-refractivity contribution >= 4 is 21.8 Å². The molecule has 0 spiro atoms. The summed E-state index contributed by atoms with van der Waals surface area (Å²) in [6, 6.07) is 47.7. The van der Waals surface area contributed by atoms with Crippen molar-refractivity contribution in [1.29, 1.82) is 0 Å². The van der Waals surface area contributed by atoms with E-state index in [2.05, 4.69) is 79.7 Å². The summed E-state index contributed by atoms with van der Waals surface area (Å²) in [7, 11) is 0. The molecular formula is C41H29N5. The van der Waals surface area contributed by atoms with E-state index in [4.69, 9.17) is 24.9 Å². The highest BCUT2D eigenvalue weighted by molar-refractivity contribution is 6.04. The lowest BCUT2D eigenvalue weighted by molar-refractivity contribution is 1.07. The molecule has 5 nitrogen and oxygen atoms in total. The minimum absolute atomic E-state index is 0.637. The SMILES string of the molecule is Cc1ccc2ccc3c(C)cc(-c4ccc(-c5cccc(-c6nc(-c7ccccc7)nc(-c7ccccc7)n6)c5)cc4)nc3c2n1. The fraction of sp³-hybridized carbons (Fsp3) is 0.0488. The highest BCUT2D eigenvalue weighted by Crippen LogP contribution is 2.32. The highest BCUT2D eigenvalue weighted by atomic mass is 15.0. The maximum atomic E-state index is 5.11. The molecule has 3 aromatic heterocycles. The van der Waals surface area contributed by atoms with Crippen LogP contribution in [0.1, 0.15) is 11.3 Å². The van der Waals surface area contributed by atoms with Crippen LogP contribution in [-0.2, 0) is 0 Å². The molecule has 5 aromatic carbocycles. The number of rotatable bonds is 5. The maximum Gasteiger partial charge on any atom is 0.164 e. The summed E-state index contributed by atoms with van der Waals surface area (Å²) < 4.78 is 0. The van der Waals surface area contributed by atoms with E-state index < -0.39 is 0 Å². The average Bonchev–Trinajstić information content (AvgIpc) is 3.12. The number of hydrogen-bond donors (Lipinski definition) is 0. The van der Waals surface area contributed by atoms with Crippen molar-refractivity contribution in [1.82, 2.24) is 24.9 Å². The second-order valence-electron chi connectivity index (χ2n) is 11.5. The summed E-state index contributed by atoms with van der Waals surface area (Å²) in [5.41, 5.74) is 11.1. The molecule has 0 amide bonds. The van der Waals surface area contributed by atoms with Crippen LogP contribution < -0.4 is 0 Å². The molecule has 0 bridgehead atoms. The Bertz CT molecular complexity index is 2310. The first-order valence-electron chi connectivity index (χ1n) is 15.3. The summed E-state index contributed by atoms with van der Waals surface area (Å²) in [4.78, 5) is 24.6. The van der Waals surface area contributed by atoms with E-state index in [1.807, 2.05) is 73.7 Å². The van der Waals surface area contributed by atoms with Crippen molar-refractivity contribution in [2.45, 2.75) is 13.8 Å². The van der Waals surface area contributed by atoms with Gasteiger partial charge in [0.2, 0.25) is 0 Å². The zero-order valence-corrected chi connectivity index (χ0v) is 25.5. The normalized spacial score (nSPS) is 11.3. The molecule has 218 valence electrons. The topological polar surface area (TPSA) is 64.5 Å². The van der Waals surface area contributed by atoms with Gasteiger partial charge in [-0.1, -0.05) is 121 Å². The first-order valence-corrected chi connectivity index (χ1v) is 15.3. The molecule has 8 rings (SSSR count). The Morgan fingerprint density at radius 3 is 1.61 bits per heavy atom. The monoisotopic (exact) mass is 591 g/mol. The third-order valence-corrected chi connectivity index (χ3v) is 8.32. The van der Waals surface area contributed by atoms with Gasteiger partial charge in [-0.3, -0.25) is 4.98 Å². The highest BCUT2D eigenvalue weighted by Gasteiger charge is 2.14. The molecule has 0 aliphatic rings. The van der Waals surface area contributed by atoms with Crippen molar-refractivity contribution in [3.05, 3.63) is 151 Å². The summed E-state index contributed by atoms with van der Waals surface area (Å²) in [6.45, 7) is 4.16. The van der Waals surface area contributed by atoms with Gasteiger partial charge in [0.25, 0.3) is 0 Å². The van der Waals surface area contributed by atoms with Crippen molar-refractivity contribution in [2.24, 2.45) is 0 Å². The molecule has 0 saturated carbocycles. The molecule has 0 N–H and O–H groups in total. The van der Waals surface area contributed by atoms with Crippen molar-refractivity contribution in [2.75, 3.05) is 0 Å². The summed E-state index contributed by atoms with van der Waals surface area (Å²) in [5.74, 6) is 1.93. The quantitative estimate of drug-likeness (QED) is 0.186. The van der Waals surface area contributed by atoms with Crippen LogP contribution in [0.5, 0.6) is 0 Å². The molecule has 46 heavy (non-hydrogen) atoms. The smallest absolute Gasteiger partial charge is 0.164 e. The van der Waals surface area contributed by atoms with Crippen molar-refractivity contribution < 1.29 is 0 Å². The van der Waals surface area contributed by atoms with Crippen LogP contribution in [0, 0.1) is 13.8 Å². The van der Waals surface area contributed by atoms with Crippen LogP contribution in [0.2, 0.25) is 0 Å². The first-order chi connectivity index (χ1) is 22.6.